The molecule has 1 aliphatic rings. The highest BCUT2D eigenvalue weighted by Crippen LogP contribution is 2.20. The molecule has 5 heteroatoms. The largest absolute Gasteiger partial charge is 0.306 e. The molecular weight excluding hydrogens is 258 g/mol. The molecule has 0 saturated carbocycles. The Hall–Kier alpha value is -0.580. The number of halogens is 1. The third-order valence-corrected chi connectivity index (χ3v) is 5.07. The molecule has 2 rings (SSSR count). The summed E-state index contributed by atoms with van der Waals surface area (Å²) in [6.45, 7) is 2.02. The highest BCUT2D eigenvalue weighted by molar-refractivity contribution is 7.91. The second kappa shape index (κ2) is 4.96. The second-order valence-electron chi connectivity index (χ2n) is 4.54. The third kappa shape index (κ3) is 3.44. The van der Waals surface area contributed by atoms with E-state index in [0.29, 0.717) is 17.2 Å². The first-order valence-corrected chi connectivity index (χ1v) is 7.88. The van der Waals surface area contributed by atoms with E-state index in [9.17, 15) is 8.42 Å². The number of rotatable bonds is 3. The minimum atomic E-state index is -2.82. The molecule has 1 heterocycles. The Balaban J connectivity index is 2.00. The molecule has 0 amide bonds. The van der Waals surface area contributed by atoms with E-state index in [4.69, 9.17) is 11.6 Å². The molecule has 0 radical (unpaired) electrons. The zero-order chi connectivity index (χ0) is 12.5. The van der Waals surface area contributed by atoms with Gasteiger partial charge >= 0.3 is 0 Å². The summed E-state index contributed by atoms with van der Waals surface area (Å²) in [5.41, 5.74) is 1.08. The Labute approximate surface area is 107 Å². The van der Waals surface area contributed by atoms with Gasteiger partial charge < -0.3 is 5.32 Å². The maximum atomic E-state index is 11.4. The van der Waals surface area contributed by atoms with Crippen LogP contribution in [-0.4, -0.2) is 26.0 Å². The lowest BCUT2D eigenvalue weighted by atomic mass is 10.1. The van der Waals surface area contributed by atoms with Crippen molar-refractivity contribution < 1.29 is 8.42 Å². The summed E-state index contributed by atoms with van der Waals surface area (Å²) >= 11 is 5.93. The van der Waals surface area contributed by atoms with Crippen molar-refractivity contribution in [2.24, 2.45) is 0 Å². The Bertz CT molecular complexity index is 501. The summed E-state index contributed by atoms with van der Waals surface area (Å²) in [6.07, 6.45) is 0.702. The van der Waals surface area contributed by atoms with Crippen LogP contribution in [0.1, 0.15) is 24.9 Å². The van der Waals surface area contributed by atoms with Gasteiger partial charge in [-0.05, 0) is 31.0 Å². The van der Waals surface area contributed by atoms with Crippen LogP contribution >= 0.6 is 11.6 Å². The lowest BCUT2D eigenvalue weighted by Crippen LogP contribution is -2.32. The fourth-order valence-electron chi connectivity index (χ4n) is 2.15. The number of hydrogen-bond acceptors (Lipinski definition) is 3. The summed E-state index contributed by atoms with van der Waals surface area (Å²) < 4.78 is 22.7. The topological polar surface area (TPSA) is 46.2 Å². The Kier molecular flexibility index (Phi) is 3.76. The van der Waals surface area contributed by atoms with Crippen molar-refractivity contribution in [3.05, 3.63) is 34.9 Å². The summed E-state index contributed by atoms with van der Waals surface area (Å²) in [5, 5.41) is 4.04. The van der Waals surface area contributed by atoms with Crippen LogP contribution in [0.4, 0.5) is 0 Å². The van der Waals surface area contributed by atoms with E-state index in [1.807, 2.05) is 31.2 Å². The first kappa shape index (κ1) is 12.9. The maximum absolute atomic E-state index is 11.4. The van der Waals surface area contributed by atoms with Gasteiger partial charge in [-0.2, -0.15) is 0 Å². The standard InChI is InChI=1S/C12H16ClNO2S/c1-9(10-3-2-4-11(13)7-10)14-12-5-6-17(15,16)8-12/h2-4,7,9,12,14H,5-6,8H2,1H3/t9-,12?/m0/s1. The summed E-state index contributed by atoms with van der Waals surface area (Å²) in [6, 6.07) is 7.82. The molecule has 1 unspecified atom stereocenters. The van der Waals surface area contributed by atoms with Crippen LogP contribution in [0.15, 0.2) is 24.3 Å². The van der Waals surface area contributed by atoms with Crippen molar-refractivity contribution in [1.82, 2.24) is 5.32 Å². The minimum absolute atomic E-state index is 0.0639. The van der Waals surface area contributed by atoms with Crippen LogP contribution in [0, 0.1) is 0 Å². The lowest BCUT2D eigenvalue weighted by molar-refractivity contribution is 0.485. The van der Waals surface area contributed by atoms with Gasteiger partial charge in [0.1, 0.15) is 0 Å². The van der Waals surface area contributed by atoms with Gasteiger partial charge in [0, 0.05) is 17.1 Å². The van der Waals surface area contributed by atoms with E-state index in [0.717, 1.165) is 5.56 Å². The number of nitrogens with one attached hydrogen (secondary N) is 1. The average molecular weight is 274 g/mol. The molecule has 94 valence electrons. The van der Waals surface area contributed by atoms with Crippen LogP contribution < -0.4 is 5.32 Å². The zero-order valence-electron chi connectivity index (χ0n) is 9.69. The smallest absolute Gasteiger partial charge is 0.151 e. The Morgan fingerprint density at radius 3 is 2.82 bits per heavy atom. The third-order valence-electron chi connectivity index (χ3n) is 3.07. The van der Waals surface area contributed by atoms with E-state index < -0.39 is 9.84 Å². The highest BCUT2D eigenvalue weighted by Gasteiger charge is 2.28. The van der Waals surface area contributed by atoms with Crippen LogP contribution in [0.25, 0.3) is 0 Å². The summed E-state index contributed by atoms with van der Waals surface area (Å²) in [7, 11) is -2.82. The first-order valence-electron chi connectivity index (χ1n) is 5.68. The minimum Gasteiger partial charge on any atom is -0.306 e. The molecule has 0 bridgehead atoms. The van der Waals surface area contributed by atoms with Crippen molar-refractivity contribution in [1.29, 1.82) is 0 Å². The molecule has 1 aromatic rings. The molecular formula is C12H16ClNO2S. The van der Waals surface area contributed by atoms with Gasteiger partial charge in [0.05, 0.1) is 11.5 Å². The lowest BCUT2D eigenvalue weighted by Gasteiger charge is -2.18. The monoisotopic (exact) mass is 273 g/mol. The van der Waals surface area contributed by atoms with Crippen molar-refractivity contribution in [3.8, 4) is 0 Å². The Morgan fingerprint density at radius 2 is 2.24 bits per heavy atom. The van der Waals surface area contributed by atoms with Gasteiger partial charge in [-0.3, -0.25) is 0 Å². The fourth-order valence-corrected chi connectivity index (χ4v) is 4.04. The number of benzene rings is 1. The molecule has 1 saturated heterocycles. The molecule has 0 spiro atoms. The average Bonchev–Trinajstić information content (AvgIpc) is 2.58. The van der Waals surface area contributed by atoms with Gasteiger partial charge in [-0.25, -0.2) is 8.42 Å². The fraction of sp³-hybridized carbons (Fsp3) is 0.500. The molecule has 1 aliphatic heterocycles. The zero-order valence-corrected chi connectivity index (χ0v) is 11.3. The SMILES string of the molecule is C[C@H](NC1CCS(=O)(=O)C1)c1cccc(Cl)c1. The van der Waals surface area contributed by atoms with Crippen molar-refractivity contribution in [2.45, 2.75) is 25.4 Å². The van der Waals surface area contributed by atoms with Crippen LogP contribution in [-0.2, 0) is 9.84 Å². The second-order valence-corrected chi connectivity index (χ2v) is 7.21. The van der Waals surface area contributed by atoms with Gasteiger partial charge in [-0.15, -0.1) is 0 Å². The van der Waals surface area contributed by atoms with E-state index in [1.165, 1.54) is 0 Å². The molecule has 1 fully saturated rings. The van der Waals surface area contributed by atoms with E-state index in [-0.39, 0.29) is 17.8 Å². The normalized spacial score (nSPS) is 24.7. The molecule has 17 heavy (non-hydrogen) atoms. The molecule has 1 N–H and O–H groups in total. The van der Waals surface area contributed by atoms with E-state index in [2.05, 4.69) is 5.32 Å². The van der Waals surface area contributed by atoms with Crippen molar-refractivity contribution in [3.63, 3.8) is 0 Å². The molecule has 0 aliphatic carbocycles. The van der Waals surface area contributed by atoms with E-state index in [1.54, 1.807) is 0 Å². The number of sulfone groups is 1. The van der Waals surface area contributed by atoms with Crippen LogP contribution in [0.3, 0.4) is 0 Å². The van der Waals surface area contributed by atoms with Gasteiger partial charge in [0.2, 0.25) is 0 Å². The van der Waals surface area contributed by atoms with Gasteiger partial charge in [0.15, 0.2) is 9.84 Å². The van der Waals surface area contributed by atoms with E-state index >= 15 is 0 Å². The first-order chi connectivity index (χ1) is 7.96. The van der Waals surface area contributed by atoms with Crippen LogP contribution in [0.5, 0.6) is 0 Å². The highest BCUT2D eigenvalue weighted by atomic mass is 35.5. The molecule has 3 nitrogen and oxygen atoms in total. The quantitative estimate of drug-likeness (QED) is 0.918. The van der Waals surface area contributed by atoms with Crippen molar-refractivity contribution >= 4 is 21.4 Å². The predicted octanol–water partition coefficient (Wildman–Crippen LogP) is 2.18. The Morgan fingerprint density at radius 1 is 1.47 bits per heavy atom. The van der Waals surface area contributed by atoms with Gasteiger partial charge in [0.25, 0.3) is 0 Å². The molecule has 0 aromatic heterocycles. The predicted molar refractivity (Wildman–Crippen MR) is 70.1 cm³/mol. The van der Waals surface area contributed by atoms with Crippen LogP contribution in [0.2, 0.25) is 5.02 Å². The summed E-state index contributed by atoms with van der Waals surface area (Å²) in [4.78, 5) is 0. The van der Waals surface area contributed by atoms with Gasteiger partial charge in [-0.1, -0.05) is 23.7 Å². The van der Waals surface area contributed by atoms with Crippen molar-refractivity contribution in [2.75, 3.05) is 11.5 Å². The maximum Gasteiger partial charge on any atom is 0.151 e. The molecule has 1 aromatic carbocycles. The molecule has 2 atom stereocenters. The number of hydrogen-bond donors (Lipinski definition) is 1. The summed E-state index contributed by atoms with van der Waals surface area (Å²) in [5.74, 6) is 0.546.